The number of nitrogens with one attached hydrogen (secondary N) is 1. The van der Waals surface area contributed by atoms with E-state index in [2.05, 4.69) is 5.32 Å². The number of hydrogen-bond acceptors (Lipinski definition) is 15. The van der Waals surface area contributed by atoms with E-state index in [9.17, 15) is 39.3 Å². The molecule has 1 aliphatic heterocycles. The lowest BCUT2D eigenvalue weighted by Crippen LogP contribution is -2.71. The van der Waals surface area contributed by atoms with Crippen molar-refractivity contribution in [2.75, 3.05) is 13.2 Å². The molecule has 4 N–H and O–H groups in total. The van der Waals surface area contributed by atoms with E-state index >= 15 is 4.79 Å². The highest BCUT2D eigenvalue weighted by molar-refractivity contribution is 5.95. The van der Waals surface area contributed by atoms with Crippen molar-refractivity contribution >= 4 is 35.6 Å². The number of aliphatic hydroxyl groups excluding tert-OH is 2. The van der Waals surface area contributed by atoms with Gasteiger partial charge in [0.15, 0.2) is 23.8 Å². The van der Waals surface area contributed by atoms with Crippen LogP contribution in [-0.4, -0.2) is 112 Å². The highest BCUT2D eigenvalue weighted by Crippen LogP contribution is 2.60. The number of Topliss-reactive ketones (excluding diaryl/α,β-unsaturated/α-hetero) is 1. The van der Waals surface area contributed by atoms with E-state index in [1.807, 2.05) is 0 Å². The Morgan fingerprint density at radius 3 is 2.32 bits per heavy atom. The van der Waals surface area contributed by atoms with Gasteiger partial charge in [-0.05, 0) is 68.0 Å². The van der Waals surface area contributed by atoms with Crippen molar-refractivity contribution in [3.63, 3.8) is 0 Å². The largest absolute Gasteiger partial charge is 0.465 e. The van der Waals surface area contributed by atoms with Gasteiger partial charge < -0.3 is 48.7 Å². The summed E-state index contributed by atoms with van der Waals surface area (Å²) in [5.41, 5.74) is -3.64. The van der Waals surface area contributed by atoms with Gasteiger partial charge in [0, 0.05) is 50.4 Å². The van der Waals surface area contributed by atoms with Gasteiger partial charge in [-0.3, -0.25) is 19.2 Å². The van der Waals surface area contributed by atoms with E-state index in [0.29, 0.717) is 12.8 Å². The van der Waals surface area contributed by atoms with Crippen LogP contribution >= 0.6 is 0 Å². The van der Waals surface area contributed by atoms with Gasteiger partial charge in [-0.15, -0.1) is 0 Å². The Balaban J connectivity index is 1.34. The summed E-state index contributed by atoms with van der Waals surface area (Å²) < 4.78 is 35.4. The molecule has 1 saturated heterocycles. The molecule has 3 unspecified atom stereocenters. The standard InChI is InChI=1S/C46H57NO15/c1-23-32(61-44(55)38(51)37(27-13-8-6-9-14-27)47-42(53)30-17-12-18-57-30)20-46(56)24(2)34(23)39(60-26(4)49)40(52)45(5)33(50)19-31-35(29(22-59-31)21-58-25(3)48)36(45)41(46)62-43(54)28-15-10-7-11-16-28/h7,10-12,15-18,24,27,29,31-33,35-39,41,50-51,56H,6,8-9,13-14,19-22H2,1-5H3,(H,47,53)/t24-,29?,31-,32+,33+,35?,36+,37?,38-,39-,41+,45-,46+/m1/s1. The minimum absolute atomic E-state index is 0.0160. The van der Waals surface area contributed by atoms with Crippen molar-refractivity contribution in [3.8, 4) is 0 Å². The maximum Gasteiger partial charge on any atom is 0.338 e. The second kappa shape index (κ2) is 18.1. The first-order valence-electron chi connectivity index (χ1n) is 21.5. The van der Waals surface area contributed by atoms with Crippen LogP contribution in [0.5, 0.6) is 0 Å². The summed E-state index contributed by atoms with van der Waals surface area (Å²) in [7, 11) is 0. The number of carbonyl (C=O) groups is 6. The van der Waals surface area contributed by atoms with E-state index in [1.54, 1.807) is 32.0 Å². The van der Waals surface area contributed by atoms with Gasteiger partial charge >= 0.3 is 23.9 Å². The highest BCUT2D eigenvalue weighted by Gasteiger charge is 2.70. The van der Waals surface area contributed by atoms with Gasteiger partial charge in [-0.25, -0.2) is 9.59 Å². The number of esters is 4. The minimum atomic E-state index is -2.22. The van der Waals surface area contributed by atoms with E-state index in [-0.39, 0.29) is 48.0 Å². The second-order valence-corrected chi connectivity index (χ2v) is 17.9. The minimum Gasteiger partial charge on any atom is -0.465 e. The molecule has 2 bridgehead atoms. The molecule has 4 fully saturated rings. The third-order valence-corrected chi connectivity index (χ3v) is 14.4. The summed E-state index contributed by atoms with van der Waals surface area (Å²) in [5, 5.41) is 40.2. The van der Waals surface area contributed by atoms with Crippen LogP contribution in [0.15, 0.2) is 64.3 Å². The average molecular weight is 864 g/mol. The first kappa shape index (κ1) is 45.1. The molecular weight excluding hydrogens is 806 g/mol. The SMILES string of the molecule is CC(=O)OCC1CO[C@@H]2C[C@H](O)[C@@]3(C)C(=O)[C@H](OC(C)=O)C4=C(C)[C@@H](OC(=O)[C@H](O)C(NC(=O)c5ccco5)C5CCCCC5)C[C@](O)([C@@H]4C)[C@@H](OC(=O)c4ccccc4)[C@@H]3C12. The second-order valence-electron chi connectivity index (χ2n) is 17.9. The number of aliphatic hydroxyl groups is 3. The Labute approximate surface area is 359 Å². The highest BCUT2D eigenvalue weighted by atomic mass is 16.6. The molecule has 0 radical (unpaired) electrons. The number of fused-ring (bicyclic) bond motifs is 5. The van der Waals surface area contributed by atoms with Gasteiger partial charge in [0.2, 0.25) is 0 Å². The number of amides is 1. The van der Waals surface area contributed by atoms with E-state index in [4.69, 9.17) is 28.1 Å². The molecule has 16 heteroatoms. The average Bonchev–Trinajstić information content (AvgIpc) is 3.94. The molecule has 7 rings (SSSR count). The first-order chi connectivity index (χ1) is 29.5. The number of furan rings is 1. The summed E-state index contributed by atoms with van der Waals surface area (Å²) in [4.78, 5) is 82.3. The molecule has 62 heavy (non-hydrogen) atoms. The number of carbonyl (C=O) groups excluding carboxylic acids is 6. The lowest BCUT2D eigenvalue weighted by atomic mass is 9.48. The van der Waals surface area contributed by atoms with Crippen molar-refractivity contribution in [2.45, 2.75) is 128 Å². The lowest BCUT2D eigenvalue weighted by molar-refractivity contribution is -0.226. The molecule has 4 aliphatic carbocycles. The first-order valence-corrected chi connectivity index (χ1v) is 21.5. The Morgan fingerprint density at radius 1 is 0.968 bits per heavy atom. The zero-order valence-corrected chi connectivity index (χ0v) is 35.7. The summed E-state index contributed by atoms with van der Waals surface area (Å²) >= 11 is 0. The molecule has 1 aromatic heterocycles. The third-order valence-electron chi connectivity index (χ3n) is 14.4. The number of ether oxygens (including phenoxy) is 5. The Hall–Kier alpha value is -4.90. The Morgan fingerprint density at radius 2 is 1.68 bits per heavy atom. The fraction of sp³-hybridized carbons (Fsp3) is 0.609. The van der Waals surface area contributed by atoms with Crippen LogP contribution in [0, 0.1) is 35.0 Å². The maximum absolute atomic E-state index is 15.4. The molecule has 0 spiro atoms. The van der Waals surface area contributed by atoms with Crippen LogP contribution in [-0.2, 0) is 42.9 Å². The number of rotatable bonds is 11. The van der Waals surface area contributed by atoms with Crippen molar-refractivity contribution in [1.82, 2.24) is 5.32 Å². The van der Waals surface area contributed by atoms with Crippen LogP contribution in [0.3, 0.4) is 0 Å². The summed E-state index contributed by atoms with van der Waals surface area (Å²) in [6.45, 7) is 6.95. The molecule has 336 valence electrons. The summed E-state index contributed by atoms with van der Waals surface area (Å²) in [6, 6.07) is 9.93. The molecule has 5 aliphatic rings. The topological polar surface area (TPSA) is 234 Å². The predicted molar refractivity (Wildman–Crippen MR) is 216 cm³/mol. The van der Waals surface area contributed by atoms with E-state index in [1.165, 1.54) is 44.4 Å². The molecule has 16 nitrogen and oxygen atoms in total. The molecular formula is C46H57NO15. The molecule has 2 aromatic rings. The summed E-state index contributed by atoms with van der Waals surface area (Å²) in [5.74, 6) is -8.79. The number of ketones is 1. The fourth-order valence-corrected chi connectivity index (χ4v) is 11.1. The van der Waals surface area contributed by atoms with Gasteiger partial charge in [0.05, 0.1) is 48.7 Å². The number of benzene rings is 1. The van der Waals surface area contributed by atoms with Crippen molar-refractivity contribution in [1.29, 1.82) is 0 Å². The number of hydrogen-bond donors (Lipinski definition) is 4. The van der Waals surface area contributed by atoms with Crippen molar-refractivity contribution in [2.24, 2.45) is 35.0 Å². The predicted octanol–water partition coefficient (Wildman–Crippen LogP) is 3.64. The van der Waals surface area contributed by atoms with Crippen molar-refractivity contribution < 1.29 is 72.2 Å². The van der Waals surface area contributed by atoms with Crippen LogP contribution in [0.4, 0.5) is 0 Å². The molecule has 3 saturated carbocycles. The lowest BCUT2D eigenvalue weighted by Gasteiger charge is -2.59. The molecule has 1 aromatic carbocycles. The van der Waals surface area contributed by atoms with E-state index in [0.717, 1.165) is 26.2 Å². The summed E-state index contributed by atoms with van der Waals surface area (Å²) in [6.07, 6.45) is -4.14. The van der Waals surface area contributed by atoms with Gasteiger partial charge in [0.1, 0.15) is 17.8 Å². The third kappa shape index (κ3) is 8.33. The van der Waals surface area contributed by atoms with Crippen molar-refractivity contribution in [3.05, 3.63) is 71.2 Å². The van der Waals surface area contributed by atoms with Crippen LogP contribution < -0.4 is 5.32 Å². The van der Waals surface area contributed by atoms with Crippen LogP contribution in [0.25, 0.3) is 0 Å². The normalized spacial score (nSPS) is 34.3. The van der Waals surface area contributed by atoms with E-state index < -0.39 is 119 Å². The zero-order chi connectivity index (χ0) is 44.7. The Kier molecular flexibility index (Phi) is 13.2. The van der Waals surface area contributed by atoms with Crippen LogP contribution in [0.2, 0.25) is 0 Å². The molecule has 2 heterocycles. The molecule has 1 amide bonds. The monoisotopic (exact) mass is 863 g/mol. The van der Waals surface area contributed by atoms with Gasteiger partial charge in [-0.1, -0.05) is 44.4 Å². The quantitative estimate of drug-likeness (QED) is 0.143. The maximum atomic E-state index is 15.4. The van der Waals surface area contributed by atoms with Crippen LogP contribution in [0.1, 0.15) is 100 Å². The van der Waals surface area contributed by atoms with Gasteiger partial charge in [-0.2, -0.15) is 0 Å². The zero-order valence-electron chi connectivity index (χ0n) is 35.7. The molecule has 13 atom stereocenters. The fourth-order valence-electron chi connectivity index (χ4n) is 11.1. The van der Waals surface area contributed by atoms with Gasteiger partial charge in [0.25, 0.3) is 5.91 Å². The Bertz CT molecular complexity index is 2040. The smallest absolute Gasteiger partial charge is 0.338 e.